The van der Waals surface area contributed by atoms with Crippen molar-refractivity contribution in [2.24, 2.45) is 0 Å². The number of benzene rings is 1. The fourth-order valence-electron chi connectivity index (χ4n) is 2.82. The molecule has 0 unspecified atom stereocenters. The third kappa shape index (κ3) is 1.54. The first-order valence-electron chi connectivity index (χ1n) is 6.13. The van der Waals surface area contributed by atoms with Crippen molar-refractivity contribution < 1.29 is 4.74 Å². The molecule has 2 aromatic rings. The molecule has 3 rings (SSSR count). The maximum absolute atomic E-state index is 6.35. The van der Waals surface area contributed by atoms with E-state index in [2.05, 4.69) is 24.1 Å². The van der Waals surface area contributed by atoms with Gasteiger partial charge in [0.15, 0.2) is 0 Å². The molecule has 0 saturated heterocycles. The van der Waals surface area contributed by atoms with Crippen LogP contribution in [-0.2, 0) is 12.0 Å². The number of rotatable bonds is 1. The van der Waals surface area contributed by atoms with Crippen LogP contribution in [0.2, 0.25) is 5.02 Å². The molecule has 1 aromatic heterocycles. The SMILES string of the molecule is COc1ccc(Cl)c2c3c([nH]c12)C(C)(C)CNC3. The molecule has 0 radical (unpaired) electrons. The topological polar surface area (TPSA) is 37.0 Å². The van der Waals surface area contributed by atoms with Gasteiger partial charge in [0.25, 0.3) is 0 Å². The second-order valence-corrected chi connectivity index (χ2v) is 5.87. The Hall–Kier alpha value is -1.19. The molecule has 3 nitrogen and oxygen atoms in total. The highest BCUT2D eigenvalue weighted by Gasteiger charge is 2.31. The van der Waals surface area contributed by atoms with Crippen molar-refractivity contribution in [3.63, 3.8) is 0 Å². The van der Waals surface area contributed by atoms with Gasteiger partial charge in [-0.1, -0.05) is 25.4 Å². The zero-order valence-electron chi connectivity index (χ0n) is 10.9. The van der Waals surface area contributed by atoms with Crippen molar-refractivity contribution in [2.45, 2.75) is 25.8 Å². The molecule has 1 aliphatic rings. The second kappa shape index (κ2) is 3.90. The van der Waals surface area contributed by atoms with Crippen LogP contribution in [0.25, 0.3) is 10.9 Å². The Balaban J connectivity index is 2.39. The number of H-pyrrole nitrogens is 1. The second-order valence-electron chi connectivity index (χ2n) is 5.47. The van der Waals surface area contributed by atoms with Crippen molar-refractivity contribution in [2.75, 3.05) is 13.7 Å². The number of fused-ring (bicyclic) bond motifs is 3. The van der Waals surface area contributed by atoms with Gasteiger partial charge in [-0.25, -0.2) is 0 Å². The number of aromatic amines is 1. The molecule has 0 saturated carbocycles. The minimum atomic E-state index is 0.0843. The number of ether oxygens (including phenoxy) is 1. The third-order valence-electron chi connectivity index (χ3n) is 3.74. The highest BCUT2D eigenvalue weighted by Crippen LogP contribution is 2.40. The minimum Gasteiger partial charge on any atom is -0.495 e. The standard InChI is InChI=1S/C14H17ClN2O/c1-14(2)7-16-6-8-11-9(15)4-5-10(18-3)12(11)17-13(8)14/h4-5,16-17H,6-7H2,1-3H3. The molecule has 4 heteroatoms. The zero-order valence-corrected chi connectivity index (χ0v) is 11.6. The molecule has 0 spiro atoms. The van der Waals surface area contributed by atoms with Crippen molar-refractivity contribution in [3.8, 4) is 5.75 Å². The predicted octanol–water partition coefficient (Wildman–Crippen LogP) is 3.21. The molecule has 1 aromatic carbocycles. The van der Waals surface area contributed by atoms with E-state index >= 15 is 0 Å². The van der Waals surface area contributed by atoms with Gasteiger partial charge in [-0.3, -0.25) is 0 Å². The van der Waals surface area contributed by atoms with Gasteiger partial charge >= 0.3 is 0 Å². The van der Waals surface area contributed by atoms with Gasteiger partial charge in [-0.2, -0.15) is 0 Å². The Bertz CT molecular complexity index is 616. The van der Waals surface area contributed by atoms with E-state index in [1.54, 1.807) is 7.11 Å². The molecule has 0 fully saturated rings. The summed E-state index contributed by atoms with van der Waals surface area (Å²) < 4.78 is 5.42. The van der Waals surface area contributed by atoms with E-state index in [9.17, 15) is 0 Å². The van der Waals surface area contributed by atoms with Crippen molar-refractivity contribution in [1.29, 1.82) is 0 Å². The van der Waals surface area contributed by atoms with Gasteiger partial charge in [0.1, 0.15) is 5.75 Å². The molecule has 96 valence electrons. The Morgan fingerprint density at radius 3 is 2.83 bits per heavy atom. The van der Waals surface area contributed by atoms with Crippen LogP contribution in [0.15, 0.2) is 12.1 Å². The van der Waals surface area contributed by atoms with Gasteiger partial charge in [0.05, 0.1) is 17.6 Å². The first-order chi connectivity index (χ1) is 8.54. The predicted molar refractivity (Wildman–Crippen MR) is 74.6 cm³/mol. The Kier molecular flexibility index (Phi) is 2.57. The van der Waals surface area contributed by atoms with Crippen molar-refractivity contribution in [1.82, 2.24) is 10.3 Å². The van der Waals surface area contributed by atoms with Crippen LogP contribution < -0.4 is 10.1 Å². The van der Waals surface area contributed by atoms with Gasteiger partial charge in [-0.05, 0) is 17.7 Å². The Labute approximate surface area is 111 Å². The summed E-state index contributed by atoms with van der Waals surface area (Å²) in [4.78, 5) is 3.52. The summed E-state index contributed by atoms with van der Waals surface area (Å²) >= 11 is 6.35. The molecule has 0 amide bonds. The van der Waals surface area contributed by atoms with Crippen LogP contribution in [0.4, 0.5) is 0 Å². The monoisotopic (exact) mass is 264 g/mol. The van der Waals surface area contributed by atoms with E-state index < -0.39 is 0 Å². The molecule has 0 aliphatic carbocycles. The van der Waals surface area contributed by atoms with Crippen LogP contribution in [-0.4, -0.2) is 18.6 Å². The lowest BCUT2D eigenvalue weighted by Crippen LogP contribution is -2.38. The maximum Gasteiger partial charge on any atom is 0.143 e. The zero-order chi connectivity index (χ0) is 12.9. The number of halogens is 1. The molecule has 2 heterocycles. The van der Waals surface area contributed by atoms with E-state index in [0.29, 0.717) is 0 Å². The van der Waals surface area contributed by atoms with Gasteiger partial charge < -0.3 is 15.0 Å². The molecule has 18 heavy (non-hydrogen) atoms. The highest BCUT2D eigenvalue weighted by atomic mass is 35.5. The summed E-state index contributed by atoms with van der Waals surface area (Å²) in [5.74, 6) is 0.847. The molecular weight excluding hydrogens is 248 g/mol. The van der Waals surface area contributed by atoms with Gasteiger partial charge in [0, 0.05) is 29.6 Å². The molecule has 0 atom stereocenters. The smallest absolute Gasteiger partial charge is 0.143 e. The lowest BCUT2D eigenvalue weighted by atomic mass is 9.84. The number of aromatic nitrogens is 1. The average Bonchev–Trinajstić information content (AvgIpc) is 2.71. The fraction of sp³-hybridized carbons (Fsp3) is 0.429. The quantitative estimate of drug-likeness (QED) is 0.830. The van der Waals surface area contributed by atoms with Crippen LogP contribution >= 0.6 is 11.6 Å². The summed E-state index contributed by atoms with van der Waals surface area (Å²) in [6.07, 6.45) is 0. The van der Waals surface area contributed by atoms with Crippen LogP contribution in [0, 0.1) is 0 Å². The number of methoxy groups -OCH3 is 1. The molecule has 1 aliphatic heterocycles. The summed E-state index contributed by atoms with van der Waals surface area (Å²) in [7, 11) is 1.69. The Morgan fingerprint density at radius 1 is 1.33 bits per heavy atom. The number of hydrogen-bond acceptors (Lipinski definition) is 2. The lowest BCUT2D eigenvalue weighted by molar-refractivity contribution is 0.417. The van der Waals surface area contributed by atoms with Gasteiger partial charge in [-0.15, -0.1) is 0 Å². The normalized spacial score (nSPS) is 17.8. The van der Waals surface area contributed by atoms with Crippen LogP contribution in [0.1, 0.15) is 25.1 Å². The lowest BCUT2D eigenvalue weighted by Gasteiger charge is -2.30. The van der Waals surface area contributed by atoms with Crippen molar-refractivity contribution in [3.05, 3.63) is 28.4 Å². The van der Waals surface area contributed by atoms with E-state index in [0.717, 1.165) is 34.8 Å². The fourth-order valence-corrected chi connectivity index (χ4v) is 3.09. The highest BCUT2D eigenvalue weighted by molar-refractivity contribution is 6.36. The number of hydrogen-bond donors (Lipinski definition) is 2. The average molecular weight is 265 g/mol. The number of nitrogens with one attached hydrogen (secondary N) is 2. The van der Waals surface area contributed by atoms with E-state index in [4.69, 9.17) is 16.3 Å². The third-order valence-corrected chi connectivity index (χ3v) is 4.05. The minimum absolute atomic E-state index is 0.0843. The van der Waals surface area contributed by atoms with Crippen molar-refractivity contribution >= 4 is 22.5 Å². The summed E-state index contributed by atoms with van der Waals surface area (Å²) in [5, 5.41) is 5.32. The van der Waals surface area contributed by atoms with Gasteiger partial charge in [0.2, 0.25) is 0 Å². The molecule has 0 bridgehead atoms. The summed E-state index contributed by atoms with van der Waals surface area (Å²) in [6.45, 7) is 6.28. The first-order valence-corrected chi connectivity index (χ1v) is 6.50. The summed E-state index contributed by atoms with van der Waals surface area (Å²) in [6, 6.07) is 3.81. The first kappa shape index (κ1) is 11.9. The van der Waals surface area contributed by atoms with E-state index in [-0.39, 0.29) is 5.41 Å². The summed E-state index contributed by atoms with van der Waals surface area (Å²) in [5.41, 5.74) is 3.63. The van der Waals surface area contributed by atoms with Crippen LogP contribution in [0.5, 0.6) is 5.75 Å². The molecular formula is C14H17ClN2O. The van der Waals surface area contributed by atoms with Crippen LogP contribution in [0.3, 0.4) is 0 Å². The maximum atomic E-state index is 6.35. The molecule has 2 N–H and O–H groups in total. The van der Waals surface area contributed by atoms with E-state index in [1.165, 1.54) is 11.3 Å². The Morgan fingerprint density at radius 2 is 2.11 bits per heavy atom. The largest absolute Gasteiger partial charge is 0.495 e. The van der Waals surface area contributed by atoms with E-state index in [1.807, 2.05) is 12.1 Å².